The maximum atomic E-state index is 10.6. The first-order chi connectivity index (χ1) is 13.3. The van der Waals surface area contributed by atoms with Gasteiger partial charge in [-0.15, -0.1) is 0 Å². The highest BCUT2D eigenvalue weighted by atomic mass is 16.5. The molecule has 5 heteroatoms. The van der Waals surface area contributed by atoms with Crippen molar-refractivity contribution >= 4 is 12.2 Å². The second kappa shape index (κ2) is 12.0. The molecule has 0 unspecified atom stereocenters. The molecule has 5 nitrogen and oxygen atoms in total. The number of unbranched alkanes of at least 4 members (excludes halogenated alkanes) is 2. The van der Waals surface area contributed by atoms with Crippen LogP contribution in [-0.2, 0) is 17.6 Å². The SMILES string of the molecule is CCCCN(CCCCOc1cccc(CC=O)c1)c1ncc(CC)cn1. The summed E-state index contributed by atoms with van der Waals surface area (Å²) in [5.41, 5.74) is 2.15. The quantitative estimate of drug-likeness (QED) is 0.390. The van der Waals surface area contributed by atoms with Gasteiger partial charge in [0.05, 0.1) is 6.61 Å². The number of hydrogen-bond donors (Lipinski definition) is 0. The van der Waals surface area contributed by atoms with E-state index in [1.165, 1.54) is 5.56 Å². The number of carbonyl (C=O) groups excluding carboxylic acids is 1. The van der Waals surface area contributed by atoms with Crippen LogP contribution >= 0.6 is 0 Å². The third kappa shape index (κ3) is 7.37. The predicted octanol–water partition coefficient (Wildman–Crippen LogP) is 4.25. The van der Waals surface area contributed by atoms with Gasteiger partial charge in [0.25, 0.3) is 0 Å². The van der Waals surface area contributed by atoms with Crippen molar-refractivity contribution < 1.29 is 9.53 Å². The summed E-state index contributed by atoms with van der Waals surface area (Å²) in [6, 6.07) is 7.74. The van der Waals surface area contributed by atoms with Crippen molar-refractivity contribution in [1.82, 2.24) is 9.97 Å². The second-order valence-corrected chi connectivity index (χ2v) is 6.66. The summed E-state index contributed by atoms with van der Waals surface area (Å²) in [5, 5.41) is 0. The van der Waals surface area contributed by atoms with Crippen molar-refractivity contribution in [3.05, 3.63) is 47.8 Å². The molecule has 27 heavy (non-hydrogen) atoms. The van der Waals surface area contributed by atoms with Crippen molar-refractivity contribution in [3.8, 4) is 5.75 Å². The summed E-state index contributed by atoms with van der Waals surface area (Å²) >= 11 is 0. The van der Waals surface area contributed by atoms with Crippen LogP contribution in [0, 0.1) is 0 Å². The average Bonchev–Trinajstić information content (AvgIpc) is 2.71. The Hall–Kier alpha value is -2.43. The molecule has 0 amide bonds. The van der Waals surface area contributed by atoms with Gasteiger partial charge in [-0.25, -0.2) is 9.97 Å². The van der Waals surface area contributed by atoms with Crippen LogP contribution in [0.4, 0.5) is 5.95 Å². The molecule has 0 aliphatic carbocycles. The number of aromatic nitrogens is 2. The fourth-order valence-electron chi connectivity index (χ4n) is 2.81. The summed E-state index contributed by atoms with van der Waals surface area (Å²) in [6.45, 7) is 6.89. The summed E-state index contributed by atoms with van der Waals surface area (Å²) in [7, 11) is 0. The minimum absolute atomic E-state index is 0.431. The van der Waals surface area contributed by atoms with E-state index in [1.807, 2.05) is 36.7 Å². The minimum Gasteiger partial charge on any atom is -0.494 e. The van der Waals surface area contributed by atoms with E-state index in [9.17, 15) is 4.79 Å². The highest BCUT2D eigenvalue weighted by Gasteiger charge is 2.09. The number of rotatable bonds is 13. The van der Waals surface area contributed by atoms with Crippen molar-refractivity contribution in [3.63, 3.8) is 0 Å². The Balaban J connectivity index is 1.79. The molecule has 2 aromatic rings. The Morgan fingerprint density at radius 1 is 1.04 bits per heavy atom. The molecule has 0 fully saturated rings. The summed E-state index contributed by atoms with van der Waals surface area (Å²) < 4.78 is 5.83. The zero-order valence-electron chi connectivity index (χ0n) is 16.6. The highest BCUT2D eigenvalue weighted by molar-refractivity contribution is 5.55. The number of aldehydes is 1. The van der Waals surface area contributed by atoms with Gasteiger partial charge < -0.3 is 14.4 Å². The van der Waals surface area contributed by atoms with E-state index in [0.717, 1.165) is 68.7 Å². The minimum atomic E-state index is 0.431. The van der Waals surface area contributed by atoms with Crippen molar-refractivity contribution in [2.45, 2.75) is 52.4 Å². The van der Waals surface area contributed by atoms with Gasteiger partial charge in [-0.1, -0.05) is 32.4 Å². The summed E-state index contributed by atoms with van der Waals surface area (Å²) in [6.07, 6.45) is 10.4. The molecule has 0 saturated heterocycles. The van der Waals surface area contributed by atoms with E-state index in [1.54, 1.807) is 0 Å². The lowest BCUT2D eigenvalue weighted by Gasteiger charge is -2.22. The zero-order valence-corrected chi connectivity index (χ0v) is 16.6. The molecule has 0 spiro atoms. The Bertz CT molecular complexity index is 674. The molecular weight excluding hydrogens is 338 g/mol. The van der Waals surface area contributed by atoms with E-state index in [0.29, 0.717) is 13.0 Å². The highest BCUT2D eigenvalue weighted by Crippen LogP contribution is 2.15. The maximum absolute atomic E-state index is 10.6. The molecule has 1 heterocycles. The first kappa shape index (κ1) is 20.9. The van der Waals surface area contributed by atoms with Gasteiger partial charge >= 0.3 is 0 Å². The first-order valence-electron chi connectivity index (χ1n) is 9.98. The van der Waals surface area contributed by atoms with Crippen LogP contribution in [0.3, 0.4) is 0 Å². The molecule has 0 aliphatic rings. The summed E-state index contributed by atoms with van der Waals surface area (Å²) in [4.78, 5) is 22.0. The standard InChI is InChI=1S/C22H31N3O2/c1-3-5-12-25(22-23-17-19(4-2)18-24-22)13-6-7-15-27-21-10-8-9-20(16-21)11-14-26/h8-10,14,16-18H,3-7,11-13,15H2,1-2H3. The third-order valence-corrected chi connectivity index (χ3v) is 4.47. The second-order valence-electron chi connectivity index (χ2n) is 6.66. The topological polar surface area (TPSA) is 55.3 Å². The third-order valence-electron chi connectivity index (χ3n) is 4.47. The van der Waals surface area contributed by atoms with E-state index >= 15 is 0 Å². The van der Waals surface area contributed by atoms with E-state index in [-0.39, 0.29) is 0 Å². The van der Waals surface area contributed by atoms with Crippen molar-refractivity contribution in [1.29, 1.82) is 0 Å². The lowest BCUT2D eigenvalue weighted by atomic mass is 10.1. The van der Waals surface area contributed by atoms with E-state index in [4.69, 9.17) is 4.74 Å². The van der Waals surface area contributed by atoms with Crippen molar-refractivity contribution in [2.24, 2.45) is 0 Å². The molecule has 1 aromatic carbocycles. The summed E-state index contributed by atoms with van der Waals surface area (Å²) in [5.74, 6) is 1.65. The van der Waals surface area contributed by atoms with Crippen LogP contribution < -0.4 is 9.64 Å². The molecule has 0 radical (unpaired) electrons. The molecule has 0 bridgehead atoms. The van der Waals surface area contributed by atoms with Gasteiger partial charge in [-0.2, -0.15) is 0 Å². The van der Waals surface area contributed by atoms with Crippen LogP contribution in [0.5, 0.6) is 5.75 Å². The van der Waals surface area contributed by atoms with E-state index in [2.05, 4.69) is 28.7 Å². The lowest BCUT2D eigenvalue weighted by molar-refractivity contribution is -0.107. The van der Waals surface area contributed by atoms with Crippen LogP contribution in [0.1, 0.15) is 50.7 Å². The molecule has 0 saturated carbocycles. The molecule has 1 aromatic heterocycles. The van der Waals surface area contributed by atoms with Gasteiger partial charge in [0.15, 0.2) is 0 Å². The fourth-order valence-corrected chi connectivity index (χ4v) is 2.81. The average molecular weight is 370 g/mol. The first-order valence-corrected chi connectivity index (χ1v) is 9.98. The molecule has 0 aliphatic heterocycles. The number of hydrogen-bond acceptors (Lipinski definition) is 5. The molecule has 0 N–H and O–H groups in total. The van der Waals surface area contributed by atoms with Crippen LogP contribution in [0.25, 0.3) is 0 Å². The Morgan fingerprint density at radius 3 is 2.52 bits per heavy atom. The Labute approximate surface area is 162 Å². The van der Waals surface area contributed by atoms with Crippen molar-refractivity contribution in [2.75, 3.05) is 24.6 Å². The normalized spacial score (nSPS) is 10.6. The fraction of sp³-hybridized carbons (Fsp3) is 0.500. The van der Waals surface area contributed by atoms with Crippen LogP contribution in [0.15, 0.2) is 36.7 Å². The van der Waals surface area contributed by atoms with E-state index < -0.39 is 0 Å². The predicted molar refractivity (Wildman–Crippen MR) is 109 cm³/mol. The lowest BCUT2D eigenvalue weighted by Crippen LogP contribution is -2.27. The maximum Gasteiger partial charge on any atom is 0.225 e. The number of carbonyl (C=O) groups is 1. The van der Waals surface area contributed by atoms with Gasteiger partial charge in [0.1, 0.15) is 12.0 Å². The van der Waals surface area contributed by atoms with Gasteiger partial charge in [-0.05, 0) is 48.9 Å². The largest absolute Gasteiger partial charge is 0.494 e. The number of benzene rings is 1. The number of anilines is 1. The number of aryl methyl sites for hydroxylation is 1. The smallest absolute Gasteiger partial charge is 0.225 e. The number of ether oxygens (including phenoxy) is 1. The van der Waals surface area contributed by atoms with Crippen LogP contribution in [-0.4, -0.2) is 36.0 Å². The Kier molecular flexibility index (Phi) is 9.31. The van der Waals surface area contributed by atoms with Gasteiger partial charge in [0.2, 0.25) is 5.95 Å². The molecule has 2 rings (SSSR count). The van der Waals surface area contributed by atoms with Crippen LogP contribution in [0.2, 0.25) is 0 Å². The Morgan fingerprint density at radius 2 is 1.81 bits per heavy atom. The number of nitrogens with zero attached hydrogens (tertiary/aromatic N) is 3. The molecule has 146 valence electrons. The molecular formula is C22H31N3O2. The monoisotopic (exact) mass is 369 g/mol. The van der Waals surface area contributed by atoms with Gasteiger partial charge in [-0.3, -0.25) is 0 Å². The van der Waals surface area contributed by atoms with Gasteiger partial charge in [0, 0.05) is 31.9 Å². The molecule has 0 atom stereocenters. The zero-order chi connectivity index (χ0) is 19.3.